The van der Waals surface area contributed by atoms with Gasteiger partial charge < -0.3 is 19.5 Å². The van der Waals surface area contributed by atoms with Crippen LogP contribution in [0.25, 0.3) is 0 Å². The molecule has 0 atom stereocenters. The molecule has 0 radical (unpaired) electrons. The van der Waals surface area contributed by atoms with Crippen molar-refractivity contribution in [3.05, 3.63) is 59.1 Å². The van der Waals surface area contributed by atoms with Crippen LogP contribution in [0, 0.1) is 6.92 Å². The lowest BCUT2D eigenvalue weighted by atomic mass is 10.2. The normalized spacial score (nSPS) is 14.2. The highest BCUT2D eigenvalue weighted by atomic mass is 35.5. The van der Waals surface area contributed by atoms with Crippen molar-refractivity contribution in [1.29, 1.82) is 0 Å². The van der Waals surface area contributed by atoms with Crippen LogP contribution >= 0.6 is 11.6 Å². The number of piperazine rings is 1. The van der Waals surface area contributed by atoms with E-state index in [2.05, 4.69) is 25.4 Å². The molecular weight excluding hydrogens is 380 g/mol. The summed E-state index contributed by atoms with van der Waals surface area (Å²) in [6.45, 7) is 4.40. The first-order valence-corrected chi connectivity index (χ1v) is 9.29. The Morgan fingerprint density at radius 1 is 1.18 bits per heavy atom. The molecule has 0 unspecified atom stereocenters. The van der Waals surface area contributed by atoms with Crippen LogP contribution in [0.4, 0.5) is 17.5 Å². The average Bonchev–Trinajstić information content (AvgIpc) is 3.26. The van der Waals surface area contributed by atoms with Crippen LogP contribution in [-0.4, -0.2) is 52.2 Å². The van der Waals surface area contributed by atoms with Crippen molar-refractivity contribution < 1.29 is 9.21 Å². The van der Waals surface area contributed by atoms with E-state index in [9.17, 15) is 4.79 Å². The van der Waals surface area contributed by atoms with Crippen LogP contribution in [0.2, 0.25) is 5.02 Å². The molecular formula is C19H19ClN6O2. The summed E-state index contributed by atoms with van der Waals surface area (Å²) < 4.78 is 5.20. The summed E-state index contributed by atoms with van der Waals surface area (Å²) in [5.74, 6) is 1.38. The SMILES string of the molecule is Cc1c(Cl)cccc1Nc1nncc(N2CCN(C(=O)c3ccco3)CC2)n1. The van der Waals surface area contributed by atoms with Gasteiger partial charge >= 0.3 is 0 Å². The molecule has 9 heteroatoms. The third-order valence-corrected chi connectivity index (χ3v) is 5.09. The summed E-state index contributed by atoms with van der Waals surface area (Å²) >= 11 is 6.17. The smallest absolute Gasteiger partial charge is 0.289 e. The maximum absolute atomic E-state index is 12.4. The third kappa shape index (κ3) is 3.77. The van der Waals surface area contributed by atoms with E-state index < -0.39 is 0 Å². The van der Waals surface area contributed by atoms with Gasteiger partial charge in [0, 0.05) is 36.9 Å². The zero-order chi connectivity index (χ0) is 19.5. The molecule has 0 bridgehead atoms. The number of hydrogen-bond donors (Lipinski definition) is 1. The molecule has 1 aromatic carbocycles. The Kier molecular flexibility index (Phi) is 5.12. The molecule has 144 valence electrons. The summed E-state index contributed by atoms with van der Waals surface area (Å²) in [5.41, 5.74) is 1.75. The standard InChI is InChI=1S/C19H19ClN6O2/c1-13-14(20)4-2-5-15(13)22-19-23-17(12-21-24-19)25-7-9-26(10-8-25)18(27)16-6-3-11-28-16/h2-6,11-12H,7-10H2,1H3,(H,22,23,24). The first kappa shape index (κ1) is 18.2. The maximum atomic E-state index is 12.4. The summed E-state index contributed by atoms with van der Waals surface area (Å²) in [7, 11) is 0. The number of nitrogens with zero attached hydrogens (tertiary/aromatic N) is 5. The molecule has 0 spiro atoms. The zero-order valence-corrected chi connectivity index (χ0v) is 16.1. The van der Waals surface area contributed by atoms with Gasteiger partial charge in [0.05, 0.1) is 12.5 Å². The Morgan fingerprint density at radius 3 is 2.75 bits per heavy atom. The van der Waals surface area contributed by atoms with E-state index in [0.717, 1.165) is 11.3 Å². The second kappa shape index (κ2) is 7.85. The first-order valence-electron chi connectivity index (χ1n) is 8.91. The lowest BCUT2D eigenvalue weighted by molar-refractivity contribution is 0.0714. The van der Waals surface area contributed by atoms with Gasteiger partial charge in [0.15, 0.2) is 11.6 Å². The van der Waals surface area contributed by atoms with Crippen molar-refractivity contribution in [2.45, 2.75) is 6.92 Å². The van der Waals surface area contributed by atoms with E-state index in [1.54, 1.807) is 23.2 Å². The summed E-state index contributed by atoms with van der Waals surface area (Å²) in [6, 6.07) is 9.01. The van der Waals surface area contributed by atoms with Crippen LogP contribution in [0.3, 0.4) is 0 Å². The lowest BCUT2D eigenvalue weighted by Crippen LogP contribution is -2.49. The number of halogens is 1. The van der Waals surface area contributed by atoms with Crippen LogP contribution in [0.1, 0.15) is 16.1 Å². The van der Waals surface area contributed by atoms with E-state index in [1.807, 2.05) is 25.1 Å². The predicted molar refractivity (Wildman–Crippen MR) is 106 cm³/mol. The second-order valence-corrected chi connectivity index (χ2v) is 6.84. The highest BCUT2D eigenvalue weighted by Gasteiger charge is 2.24. The molecule has 1 N–H and O–H groups in total. The van der Waals surface area contributed by atoms with Crippen LogP contribution in [0.15, 0.2) is 47.2 Å². The molecule has 0 aliphatic carbocycles. The number of amides is 1. The number of aromatic nitrogens is 3. The number of carbonyl (C=O) groups excluding carboxylic acids is 1. The molecule has 8 nitrogen and oxygen atoms in total. The number of anilines is 3. The van der Waals surface area contributed by atoms with Crippen molar-refractivity contribution in [2.24, 2.45) is 0 Å². The minimum Gasteiger partial charge on any atom is -0.459 e. The Bertz CT molecular complexity index is 970. The van der Waals surface area contributed by atoms with Crippen molar-refractivity contribution in [3.8, 4) is 0 Å². The van der Waals surface area contributed by atoms with Crippen molar-refractivity contribution in [2.75, 3.05) is 36.4 Å². The van der Waals surface area contributed by atoms with E-state index in [-0.39, 0.29) is 5.91 Å². The lowest BCUT2D eigenvalue weighted by Gasteiger charge is -2.34. The molecule has 1 amide bonds. The van der Waals surface area contributed by atoms with Gasteiger partial charge in [-0.1, -0.05) is 17.7 Å². The Hall–Kier alpha value is -3.13. The molecule has 1 aliphatic rings. The van der Waals surface area contributed by atoms with Gasteiger partial charge in [-0.15, -0.1) is 5.10 Å². The monoisotopic (exact) mass is 398 g/mol. The van der Waals surface area contributed by atoms with Gasteiger partial charge in [0.1, 0.15) is 0 Å². The van der Waals surface area contributed by atoms with Crippen molar-refractivity contribution in [3.63, 3.8) is 0 Å². The van der Waals surface area contributed by atoms with Gasteiger partial charge in [0.25, 0.3) is 5.91 Å². The summed E-state index contributed by atoms with van der Waals surface area (Å²) in [5, 5.41) is 12.0. The van der Waals surface area contributed by atoms with Gasteiger partial charge in [-0.05, 0) is 36.8 Å². The van der Waals surface area contributed by atoms with Gasteiger partial charge in [0.2, 0.25) is 5.95 Å². The van der Waals surface area contributed by atoms with Crippen LogP contribution in [0.5, 0.6) is 0 Å². The van der Waals surface area contributed by atoms with E-state index >= 15 is 0 Å². The van der Waals surface area contributed by atoms with Crippen molar-refractivity contribution in [1.82, 2.24) is 20.1 Å². The molecule has 4 rings (SSSR count). The first-order chi connectivity index (χ1) is 13.6. The Morgan fingerprint density at radius 2 is 2.00 bits per heavy atom. The summed E-state index contributed by atoms with van der Waals surface area (Å²) in [6.07, 6.45) is 3.13. The zero-order valence-electron chi connectivity index (χ0n) is 15.3. The molecule has 0 saturated carbocycles. The quantitative estimate of drug-likeness (QED) is 0.722. The largest absolute Gasteiger partial charge is 0.459 e. The minimum absolute atomic E-state index is 0.0933. The number of benzene rings is 1. The molecule has 1 saturated heterocycles. The molecule has 1 fully saturated rings. The average molecular weight is 399 g/mol. The van der Waals surface area contributed by atoms with Gasteiger partial charge in [-0.25, -0.2) is 0 Å². The highest BCUT2D eigenvalue weighted by Crippen LogP contribution is 2.25. The maximum Gasteiger partial charge on any atom is 0.289 e. The van der Waals surface area contributed by atoms with E-state index in [4.69, 9.17) is 16.0 Å². The van der Waals surface area contributed by atoms with Crippen LogP contribution in [-0.2, 0) is 0 Å². The van der Waals surface area contributed by atoms with Crippen molar-refractivity contribution >= 4 is 35.0 Å². The highest BCUT2D eigenvalue weighted by molar-refractivity contribution is 6.31. The van der Waals surface area contributed by atoms with Gasteiger partial charge in [-0.3, -0.25) is 4.79 Å². The number of hydrogen-bond acceptors (Lipinski definition) is 7. The molecule has 1 aliphatic heterocycles. The Labute approximate surface area is 167 Å². The molecule has 2 aromatic heterocycles. The van der Waals surface area contributed by atoms with Gasteiger partial charge in [-0.2, -0.15) is 10.1 Å². The fourth-order valence-corrected chi connectivity index (χ4v) is 3.23. The molecule has 28 heavy (non-hydrogen) atoms. The fraction of sp³-hybridized carbons (Fsp3) is 0.263. The third-order valence-electron chi connectivity index (χ3n) is 4.68. The second-order valence-electron chi connectivity index (χ2n) is 6.43. The minimum atomic E-state index is -0.0933. The molecule has 3 aromatic rings. The summed E-state index contributed by atoms with van der Waals surface area (Å²) in [4.78, 5) is 20.8. The van der Waals surface area contributed by atoms with E-state index in [1.165, 1.54) is 6.26 Å². The number of rotatable bonds is 4. The number of carbonyl (C=O) groups is 1. The topological polar surface area (TPSA) is 87.4 Å². The number of nitrogens with one attached hydrogen (secondary N) is 1. The predicted octanol–water partition coefficient (Wildman–Crippen LogP) is 3.13. The fourth-order valence-electron chi connectivity index (χ4n) is 3.06. The van der Waals surface area contributed by atoms with E-state index in [0.29, 0.717) is 48.7 Å². The Balaban J connectivity index is 1.42. The van der Waals surface area contributed by atoms with Crippen LogP contribution < -0.4 is 10.2 Å². The number of furan rings is 1. The molecule has 3 heterocycles.